The second-order valence-electron chi connectivity index (χ2n) is 11.3. The van der Waals surface area contributed by atoms with Gasteiger partial charge in [-0.3, -0.25) is 4.18 Å². The first-order valence-corrected chi connectivity index (χ1v) is 15.4. The van der Waals surface area contributed by atoms with Gasteiger partial charge in [-0.15, -0.1) is 0 Å². The van der Waals surface area contributed by atoms with Crippen LogP contribution in [0, 0.1) is 5.92 Å². The summed E-state index contributed by atoms with van der Waals surface area (Å²) < 4.78 is 46.8. The molecule has 0 amide bonds. The second kappa shape index (κ2) is 12.3. The highest BCUT2D eigenvalue weighted by atomic mass is 32.2. The Morgan fingerprint density at radius 1 is 0.769 bits per heavy atom. The molecule has 0 saturated carbocycles. The summed E-state index contributed by atoms with van der Waals surface area (Å²) in [5, 5.41) is 0. The third-order valence-corrected chi connectivity index (χ3v) is 8.93. The van der Waals surface area contributed by atoms with Gasteiger partial charge < -0.3 is 9.47 Å². The van der Waals surface area contributed by atoms with Gasteiger partial charge in [0.2, 0.25) is 0 Å². The molecule has 0 bridgehead atoms. The Morgan fingerprint density at radius 2 is 1.28 bits per heavy atom. The maximum absolute atomic E-state index is 14.1. The average Bonchev–Trinajstić information content (AvgIpc) is 3.42. The summed E-state index contributed by atoms with van der Waals surface area (Å²) >= 11 is 0. The van der Waals surface area contributed by atoms with E-state index in [0.717, 1.165) is 27.8 Å². The Morgan fingerprint density at radius 3 is 1.77 bits per heavy atom. The van der Waals surface area contributed by atoms with Gasteiger partial charge in [0.05, 0.1) is 19.8 Å². The molecular weight excluding hydrogens is 508 g/mol. The summed E-state index contributed by atoms with van der Waals surface area (Å²) in [7, 11) is -4.09. The Labute approximate surface area is 234 Å². The predicted molar refractivity (Wildman–Crippen MR) is 156 cm³/mol. The third kappa shape index (κ3) is 6.46. The van der Waals surface area contributed by atoms with E-state index in [-0.39, 0.29) is 24.4 Å². The SMILES string of the molecule is CC(C)c1cc(C(C)C)c(S(=O)(=O)OCC(Cc2ccccc2)C2(c3ccccc3)OCCO2)c(C(C)C)c1. The quantitative estimate of drug-likeness (QED) is 0.231. The molecule has 3 aromatic carbocycles. The highest BCUT2D eigenvalue weighted by Gasteiger charge is 2.47. The molecule has 5 nitrogen and oxygen atoms in total. The van der Waals surface area contributed by atoms with E-state index in [2.05, 4.69) is 13.8 Å². The number of hydrogen-bond acceptors (Lipinski definition) is 5. The predicted octanol–water partition coefficient (Wildman–Crippen LogP) is 7.52. The summed E-state index contributed by atoms with van der Waals surface area (Å²) in [6.45, 7) is 13.2. The van der Waals surface area contributed by atoms with E-state index in [9.17, 15) is 8.42 Å². The van der Waals surface area contributed by atoms with Crippen molar-refractivity contribution >= 4 is 10.1 Å². The van der Waals surface area contributed by atoms with Crippen molar-refractivity contribution in [1.29, 1.82) is 0 Å². The molecule has 210 valence electrons. The third-order valence-electron chi connectivity index (χ3n) is 7.51. The largest absolute Gasteiger partial charge is 0.343 e. The summed E-state index contributed by atoms with van der Waals surface area (Å²) in [6, 6.07) is 23.8. The van der Waals surface area contributed by atoms with Crippen molar-refractivity contribution in [2.45, 2.75) is 76.4 Å². The van der Waals surface area contributed by atoms with Crippen LogP contribution in [0.1, 0.15) is 87.1 Å². The highest BCUT2D eigenvalue weighted by Crippen LogP contribution is 2.42. The monoisotopic (exact) mass is 550 g/mol. The summed E-state index contributed by atoms with van der Waals surface area (Å²) in [5.41, 5.74) is 4.66. The first-order valence-electron chi connectivity index (χ1n) is 14.0. The van der Waals surface area contributed by atoms with E-state index < -0.39 is 21.8 Å². The molecule has 0 aliphatic carbocycles. The molecule has 0 N–H and O–H groups in total. The van der Waals surface area contributed by atoms with Crippen molar-refractivity contribution in [3.05, 3.63) is 101 Å². The topological polar surface area (TPSA) is 61.8 Å². The lowest BCUT2D eigenvalue weighted by molar-refractivity contribution is -0.210. The minimum absolute atomic E-state index is 0.0202. The van der Waals surface area contributed by atoms with Gasteiger partial charge in [-0.1, -0.05) is 114 Å². The van der Waals surface area contributed by atoms with Crippen LogP contribution in [0.3, 0.4) is 0 Å². The maximum atomic E-state index is 14.1. The highest BCUT2D eigenvalue weighted by molar-refractivity contribution is 7.86. The minimum Gasteiger partial charge on any atom is -0.343 e. The fourth-order valence-corrected chi connectivity index (χ4v) is 6.98. The number of rotatable bonds is 11. The van der Waals surface area contributed by atoms with E-state index in [4.69, 9.17) is 13.7 Å². The average molecular weight is 551 g/mol. The smallest absolute Gasteiger partial charge is 0.297 e. The molecule has 1 unspecified atom stereocenters. The van der Waals surface area contributed by atoms with Crippen LogP contribution in [0.4, 0.5) is 0 Å². The Hall–Kier alpha value is -2.51. The maximum Gasteiger partial charge on any atom is 0.297 e. The molecule has 1 heterocycles. The van der Waals surface area contributed by atoms with E-state index in [1.54, 1.807) is 0 Å². The Kier molecular flexibility index (Phi) is 9.33. The zero-order valence-corrected chi connectivity index (χ0v) is 24.8. The van der Waals surface area contributed by atoms with Gasteiger partial charge in [0.15, 0.2) is 5.79 Å². The van der Waals surface area contributed by atoms with Gasteiger partial charge in [0.25, 0.3) is 10.1 Å². The molecule has 1 aliphatic rings. The molecule has 0 radical (unpaired) electrons. The van der Waals surface area contributed by atoms with Crippen LogP contribution in [0.5, 0.6) is 0 Å². The Balaban J connectivity index is 1.76. The van der Waals surface area contributed by atoms with E-state index in [1.807, 2.05) is 100 Å². The van der Waals surface area contributed by atoms with Crippen LogP contribution in [0.25, 0.3) is 0 Å². The van der Waals surface area contributed by atoms with Crippen molar-refractivity contribution in [3.63, 3.8) is 0 Å². The van der Waals surface area contributed by atoms with Gasteiger partial charge in [0, 0.05) is 11.5 Å². The normalized spacial score (nSPS) is 16.3. The minimum atomic E-state index is -4.09. The zero-order chi connectivity index (χ0) is 28.2. The fraction of sp³-hybridized carbons (Fsp3) is 0.455. The summed E-state index contributed by atoms with van der Waals surface area (Å²) in [6.07, 6.45) is 0.533. The Bertz CT molecular complexity index is 1300. The van der Waals surface area contributed by atoms with Crippen molar-refractivity contribution < 1.29 is 22.1 Å². The van der Waals surface area contributed by atoms with Crippen LogP contribution in [0.2, 0.25) is 0 Å². The van der Waals surface area contributed by atoms with Crippen LogP contribution in [0.15, 0.2) is 77.7 Å². The van der Waals surface area contributed by atoms with Gasteiger partial charge in [-0.2, -0.15) is 8.42 Å². The molecule has 39 heavy (non-hydrogen) atoms. The van der Waals surface area contributed by atoms with Crippen LogP contribution < -0.4 is 0 Å². The van der Waals surface area contributed by atoms with Crippen LogP contribution >= 0.6 is 0 Å². The first kappa shape index (κ1) is 29.5. The van der Waals surface area contributed by atoms with Gasteiger partial charge >= 0.3 is 0 Å². The molecule has 3 aromatic rings. The van der Waals surface area contributed by atoms with Crippen LogP contribution in [-0.2, 0) is 36.0 Å². The van der Waals surface area contributed by atoms with E-state index >= 15 is 0 Å². The molecule has 6 heteroatoms. The number of ether oxygens (including phenoxy) is 2. The van der Waals surface area contributed by atoms with E-state index in [0.29, 0.717) is 24.5 Å². The van der Waals surface area contributed by atoms with E-state index in [1.165, 1.54) is 0 Å². The van der Waals surface area contributed by atoms with Crippen molar-refractivity contribution in [2.75, 3.05) is 19.8 Å². The molecule has 4 rings (SSSR count). The van der Waals surface area contributed by atoms with Crippen molar-refractivity contribution in [2.24, 2.45) is 5.92 Å². The second-order valence-corrected chi connectivity index (χ2v) is 12.9. The number of benzene rings is 3. The lowest BCUT2D eigenvalue weighted by Gasteiger charge is -2.36. The molecule has 0 spiro atoms. The zero-order valence-electron chi connectivity index (χ0n) is 24.0. The summed E-state index contributed by atoms with van der Waals surface area (Å²) in [4.78, 5) is 0.303. The van der Waals surface area contributed by atoms with Crippen molar-refractivity contribution in [3.8, 4) is 0 Å². The molecule has 0 aromatic heterocycles. The molecule has 1 aliphatic heterocycles. The molecule has 1 atom stereocenters. The standard InChI is InChI=1S/C33H42O5S/c1-23(2)27-20-30(24(3)4)32(31(21-27)25(5)6)39(34,35)38-22-29(19-26-13-9-7-10-14-26)33(36-17-18-37-33)28-15-11-8-12-16-28/h7-16,20-21,23-25,29H,17-19,22H2,1-6H3. The molecule has 1 fully saturated rings. The van der Waals surface area contributed by atoms with Crippen LogP contribution in [-0.4, -0.2) is 28.2 Å². The number of hydrogen-bond donors (Lipinski definition) is 0. The van der Waals surface area contributed by atoms with Gasteiger partial charge in [-0.05, 0) is 46.4 Å². The summed E-state index contributed by atoms with van der Waals surface area (Å²) in [5.74, 6) is -1.18. The van der Waals surface area contributed by atoms with Crippen molar-refractivity contribution in [1.82, 2.24) is 0 Å². The first-order chi connectivity index (χ1) is 18.5. The molecular formula is C33H42O5S. The molecule has 1 saturated heterocycles. The fourth-order valence-electron chi connectivity index (χ4n) is 5.35. The van der Waals surface area contributed by atoms with Gasteiger partial charge in [0.1, 0.15) is 4.90 Å². The lowest BCUT2D eigenvalue weighted by atomic mass is 9.87. The lowest BCUT2D eigenvalue weighted by Crippen LogP contribution is -2.41. The van der Waals surface area contributed by atoms with Gasteiger partial charge in [-0.25, -0.2) is 0 Å².